The molecule has 2 aliphatic heterocycles. The first-order valence-corrected chi connectivity index (χ1v) is 14.8. The highest BCUT2D eigenvalue weighted by Crippen LogP contribution is 2.28. The van der Waals surface area contributed by atoms with E-state index < -0.39 is 0 Å². The van der Waals surface area contributed by atoms with Gasteiger partial charge in [0.25, 0.3) is 5.91 Å². The molecule has 42 heavy (non-hydrogen) atoms. The minimum atomic E-state index is -0.306. The molecule has 0 radical (unpaired) electrons. The number of benzene rings is 2. The summed E-state index contributed by atoms with van der Waals surface area (Å²) in [7, 11) is 1.58. The van der Waals surface area contributed by atoms with E-state index in [4.69, 9.17) is 14.2 Å². The van der Waals surface area contributed by atoms with Gasteiger partial charge in [-0.25, -0.2) is 0 Å². The first-order valence-electron chi connectivity index (χ1n) is 14.8. The van der Waals surface area contributed by atoms with Crippen molar-refractivity contribution in [3.8, 4) is 11.5 Å². The number of pyridine rings is 1. The van der Waals surface area contributed by atoms with Gasteiger partial charge in [-0.3, -0.25) is 19.5 Å². The highest BCUT2D eigenvalue weighted by Gasteiger charge is 2.38. The standard InChI is InChI=1S/C33H38N4O5/c1-40-14-13-36-21-32(38)35-30-19-37(27-11-9-24-6-2-3-7-25(24)10-12-27)20-31(30)41-22-23-5-4-8-28(15-23)42-29-16-26(33(36)39)17-34-18-29/h2-8,15-18,27,30-31H,9-14,19-22H2,1H3,(H,35,38)/t30-,31-/m0/s1. The molecule has 0 spiro atoms. The van der Waals surface area contributed by atoms with Gasteiger partial charge in [-0.1, -0.05) is 36.4 Å². The third-order valence-corrected chi connectivity index (χ3v) is 8.51. The Morgan fingerprint density at radius 3 is 2.57 bits per heavy atom. The van der Waals surface area contributed by atoms with Crippen molar-refractivity contribution in [1.29, 1.82) is 0 Å². The predicted molar refractivity (Wildman–Crippen MR) is 157 cm³/mol. The Morgan fingerprint density at radius 1 is 0.976 bits per heavy atom. The second kappa shape index (κ2) is 13.0. The molecule has 1 N–H and O–H groups in total. The molecule has 1 fully saturated rings. The lowest BCUT2D eigenvalue weighted by Crippen LogP contribution is -2.49. The smallest absolute Gasteiger partial charge is 0.256 e. The molecule has 1 saturated heterocycles. The molecule has 6 rings (SSSR count). The number of fused-ring (bicyclic) bond motifs is 6. The van der Waals surface area contributed by atoms with E-state index in [-0.39, 0.29) is 37.0 Å². The van der Waals surface area contributed by atoms with Crippen LogP contribution in [-0.4, -0.2) is 84.7 Å². The average Bonchev–Trinajstić information content (AvgIpc) is 3.26. The van der Waals surface area contributed by atoms with Crippen LogP contribution in [0.15, 0.2) is 67.0 Å². The normalized spacial score (nSPS) is 22.1. The number of aromatic nitrogens is 1. The van der Waals surface area contributed by atoms with Crippen LogP contribution in [0.1, 0.15) is 39.9 Å². The number of likely N-dealkylation sites (tertiary alicyclic amines) is 1. The molecule has 9 heteroatoms. The number of ether oxygens (including phenoxy) is 3. The summed E-state index contributed by atoms with van der Waals surface area (Å²) in [6, 6.07) is 18.3. The van der Waals surface area contributed by atoms with Crippen LogP contribution in [0.5, 0.6) is 11.5 Å². The second-order valence-electron chi connectivity index (χ2n) is 11.4. The SMILES string of the molecule is COCCN1CC(=O)N[C@H]2CN(C3CCc4ccccc4CC3)C[C@@H]2OCc2cccc(c2)Oc2cncc(c2)C1=O. The summed E-state index contributed by atoms with van der Waals surface area (Å²) >= 11 is 0. The highest BCUT2D eigenvalue weighted by atomic mass is 16.5. The Kier molecular flexibility index (Phi) is 8.79. The number of nitrogens with zero attached hydrogens (tertiary/aromatic N) is 3. The van der Waals surface area contributed by atoms with Crippen molar-refractivity contribution in [2.24, 2.45) is 0 Å². The molecule has 2 atom stereocenters. The summed E-state index contributed by atoms with van der Waals surface area (Å²) in [5.41, 5.74) is 4.20. The first kappa shape index (κ1) is 28.3. The Hall–Kier alpha value is -3.79. The lowest BCUT2D eigenvalue weighted by atomic mass is 10.0. The van der Waals surface area contributed by atoms with Gasteiger partial charge in [-0.2, -0.15) is 0 Å². The van der Waals surface area contributed by atoms with E-state index in [2.05, 4.69) is 39.5 Å². The van der Waals surface area contributed by atoms with Gasteiger partial charge in [-0.05, 0) is 60.6 Å². The number of methoxy groups -OCH3 is 1. The van der Waals surface area contributed by atoms with Gasteiger partial charge in [0.05, 0.1) is 43.7 Å². The highest BCUT2D eigenvalue weighted by molar-refractivity contribution is 5.96. The monoisotopic (exact) mass is 570 g/mol. The molecule has 2 aromatic carbocycles. The number of hydrogen-bond acceptors (Lipinski definition) is 7. The van der Waals surface area contributed by atoms with Crippen LogP contribution in [0.2, 0.25) is 0 Å². The minimum Gasteiger partial charge on any atom is -0.456 e. The number of nitrogens with one attached hydrogen (secondary N) is 1. The zero-order valence-corrected chi connectivity index (χ0v) is 24.0. The topological polar surface area (TPSA) is 93.2 Å². The van der Waals surface area contributed by atoms with Crippen LogP contribution in [0, 0.1) is 0 Å². The van der Waals surface area contributed by atoms with Crippen LogP contribution < -0.4 is 10.1 Å². The molecule has 3 aliphatic rings. The molecule has 0 saturated carbocycles. The Bertz CT molecular complexity index is 1390. The van der Waals surface area contributed by atoms with Crippen molar-refractivity contribution in [2.45, 2.75) is 50.5 Å². The summed E-state index contributed by atoms with van der Waals surface area (Å²) in [4.78, 5) is 35.1. The molecule has 0 unspecified atom stereocenters. The van der Waals surface area contributed by atoms with Crippen molar-refractivity contribution < 1.29 is 23.8 Å². The van der Waals surface area contributed by atoms with E-state index in [0.717, 1.165) is 37.8 Å². The number of carbonyl (C=O) groups is 2. The summed E-state index contributed by atoms with van der Waals surface area (Å²) < 4.78 is 17.8. The molecule has 1 aromatic heterocycles. The minimum absolute atomic E-state index is 0.0890. The average molecular weight is 571 g/mol. The van der Waals surface area contributed by atoms with Crippen LogP contribution in [0.3, 0.4) is 0 Å². The van der Waals surface area contributed by atoms with E-state index in [0.29, 0.717) is 42.9 Å². The van der Waals surface area contributed by atoms with E-state index in [1.54, 1.807) is 19.4 Å². The van der Waals surface area contributed by atoms with Gasteiger partial charge in [0.15, 0.2) is 0 Å². The number of amides is 2. The van der Waals surface area contributed by atoms with Crippen molar-refractivity contribution in [3.05, 3.63) is 89.2 Å². The maximum absolute atomic E-state index is 13.5. The molecular formula is C33H38N4O5. The molecular weight excluding hydrogens is 532 g/mol. The van der Waals surface area contributed by atoms with Crippen LogP contribution >= 0.6 is 0 Å². The van der Waals surface area contributed by atoms with Gasteiger partial charge in [0.2, 0.25) is 5.91 Å². The van der Waals surface area contributed by atoms with Crippen molar-refractivity contribution >= 4 is 11.8 Å². The third-order valence-electron chi connectivity index (χ3n) is 8.51. The van der Waals surface area contributed by atoms with Gasteiger partial charge in [0.1, 0.15) is 11.5 Å². The fourth-order valence-corrected chi connectivity index (χ4v) is 6.30. The quantitative estimate of drug-likeness (QED) is 0.479. The molecule has 220 valence electrons. The second-order valence-corrected chi connectivity index (χ2v) is 11.4. The van der Waals surface area contributed by atoms with Gasteiger partial charge < -0.3 is 24.4 Å². The van der Waals surface area contributed by atoms with Crippen molar-refractivity contribution in [2.75, 3.05) is 39.9 Å². The summed E-state index contributed by atoms with van der Waals surface area (Å²) in [5.74, 6) is 0.559. The van der Waals surface area contributed by atoms with Crippen LogP contribution in [-0.2, 0) is 33.7 Å². The molecule has 9 nitrogen and oxygen atoms in total. The van der Waals surface area contributed by atoms with Gasteiger partial charge >= 0.3 is 0 Å². The zero-order valence-electron chi connectivity index (χ0n) is 24.0. The maximum atomic E-state index is 13.5. The number of hydrogen-bond donors (Lipinski definition) is 1. The maximum Gasteiger partial charge on any atom is 0.256 e. The van der Waals surface area contributed by atoms with Crippen LogP contribution in [0.4, 0.5) is 0 Å². The predicted octanol–water partition coefficient (Wildman–Crippen LogP) is 3.61. The van der Waals surface area contributed by atoms with Crippen LogP contribution in [0.25, 0.3) is 0 Å². The first-order chi connectivity index (χ1) is 20.6. The zero-order chi connectivity index (χ0) is 28.9. The van der Waals surface area contributed by atoms with Gasteiger partial charge in [-0.15, -0.1) is 0 Å². The lowest BCUT2D eigenvalue weighted by molar-refractivity contribution is -0.123. The fraction of sp³-hybridized carbons (Fsp3) is 0.424. The number of rotatable bonds is 4. The number of aryl methyl sites for hydroxylation is 2. The molecule has 2 amide bonds. The summed E-state index contributed by atoms with van der Waals surface area (Å²) in [6.07, 6.45) is 7.15. The Balaban J connectivity index is 1.24. The molecule has 3 aromatic rings. The largest absolute Gasteiger partial charge is 0.456 e. The molecule has 3 heterocycles. The van der Waals surface area contributed by atoms with E-state index in [1.807, 2.05) is 24.3 Å². The van der Waals surface area contributed by atoms with E-state index in [9.17, 15) is 9.59 Å². The molecule has 1 aliphatic carbocycles. The summed E-state index contributed by atoms with van der Waals surface area (Å²) in [6.45, 7) is 2.34. The van der Waals surface area contributed by atoms with E-state index in [1.165, 1.54) is 22.2 Å². The summed E-state index contributed by atoms with van der Waals surface area (Å²) in [5, 5.41) is 3.22. The van der Waals surface area contributed by atoms with Crippen molar-refractivity contribution in [1.82, 2.24) is 20.1 Å². The third kappa shape index (κ3) is 6.64. The number of carbonyl (C=O) groups excluding carboxylic acids is 2. The van der Waals surface area contributed by atoms with Crippen molar-refractivity contribution in [3.63, 3.8) is 0 Å². The Labute approximate surface area is 246 Å². The fourth-order valence-electron chi connectivity index (χ4n) is 6.30. The Morgan fingerprint density at radius 2 is 1.79 bits per heavy atom. The lowest BCUT2D eigenvalue weighted by Gasteiger charge is -2.27. The van der Waals surface area contributed by atoms with Gasteiger partial charge in [0, 0.05) is 39.0 Å². The molecule has 4 bridgehead atoms. The van der Waals surface area contributed by atoms with E-state index >= 15 is 0 Å².